The quantitative estimate of drug-likeness (QED) is 0.906. The topological polar surface area (TPSA) is 21.3 Å². The Bertz CT molecular complexity index is 580. The highest BCUT2D eigenvalue weighted by atomic mass is 16.5. The summed E-state index contributed by atoms with van der Waals surface area (Å²) in [4.78, 5) is 0. The van der Waals surface area contributed by atoms with E-state index in [0.29, 0.717) is 0 Å². The van der Waals surface area contributed by atoms with Crippen molar-refractivity contribution >= 4 is 10.8 Å². The molecule has 0 radical (unpaired) electrons. The molecule has 1 aliphatic heterocycles. The molecule has 0 aromatic heterocycles. The summed E-state index contributed by atoms with van der Waals surface area (Å²) in [7, 11) is 0. The van der Waals surface area contributed by atoms with Gasteiger partial charge in [0, 0.05) is 18.7 Å². The van der Waals surface area contributed by atoms with Gasteiger partial charge in [-0.05, 0) is 42.7 Å². The minimum absolute atomic E-state index is 0.103. The third kappa shape index (κ3) is 2.51. The van der Waals surface area contributed by atoms with E-state index in [1.165, 1.54) is 16.3 Å². The Hall–Kier alpha value is -1.38. The Morgan fingerprint density at radius 2 is 2.00 bits per heavy atom. The van der Waals surface area contributed by atoms with Crippen molar-refractivity contribution in [3.63, 3.8) is 0 Å². The van der Waals surface area contributed by atoms with E-state index in [1.807, 2.05) is 0 Å². The van der Waals surface area contributed by atoms with Gasteiger partial charge < -0.3 is 10.1 Å². The molecule has 100 valence electrons. The number of rotatable bonds is 3. The van der Waals surface area contributed by atoms with E-state index in [0.717, 1.165) is 19.6 Å². The Morgan fingerprint density at radius 3 is 2.74 bits per heavy atom. The minimum atomic E-state index is 0.103. The largest absolute Gasteiger partial charge is 0.377 e. The van der Waals surface area contributed by atoms with Gasteiger partial charge >= 0.3 is 0 Å². The first-order valence-electron chi connectivity index (χ1n) is 7.02. The molecule has 2 atom stereocenters. The second kappa shape index (κ2) is 4.95. The number of nitrogens with one attached hydrogen (secondary N) is 1. The zero-order valence-corrected chi connectivity index (χ0v) is 11.6. The first-order valence-corrected chi connectivity index (χ1v) is 7.02. The summed E-state index contributed by atoms with van der Waals surface area (Å²) in [5.41, 5.74) is 1.44. The Kier molecular flexibility index (Phi) is 3.29. The third-order valence-electron chi connectivity index (χ3n) is 4.40. The standard InChI is InChI=1S/C17H21NO/c1-13-17(2,9-10-19-13)18-12-14-7-8-15-5-3-4-6-16(15)11-14/h3-8,11,13,18H,9-10,12H2,1-2H3. The van der Waals surface area contributed by atoms with Gasteiger partial charge in [-0.3, -0.25) is 0 Å². The molecule has 0 bridgehead atoms. The van der Waals surface area contributed by atoms with Crippen LogP contribution in [0.2, 0.25) is 0 Å². The zero-order valence-electron chi connectivity index (χ0n) is 11.6. The maximum Gasteiger partial charge on any atom is 0.0726 e. The molecule has 0 amide bonds. The molecular weight excluding hydrogens is 234 g/mol. The van der Waals surface area contributed by atoms with Crippen molar-refractivity contribution in [2.45, 2.75) is 38.5 Å². The summed E-state index contributed by atoms with van der Waals surface area (Å²) >= 11 is 0. The van der Waals surface area contributed by atoms with Gasteiger partial charge in [-0.15, -0.1) is 0 Å². The molecule has 19 heavy (non-hydrogen) atoms. The molecule has 1 N–H and O–H groups in total. The van der Waals surface area contributed by atoms with E-state index >= 15 is 0 Å². The SMILES string of the molecule is CC1OCCC1(C)NCc1ccc2ccccc2c1. The zero-order chi connectivity index (χ0) is 13.3. The minimum Gasteiger partial charge on any atom is -0.377 e. The monoisotopic (exact) mass is 255 g/mol. The molecule has 0 spiro atoms. The molecule has 3 rings (SSSR count). The van der Waals surface area contributed by atoms with E-state index in [1.54, 1.807) is 0 Å². The van der Waals surface area contributed by atoms with Crippen LogP contribution in [-0.2, 0) is 11.3 Å². The fourth-order valence-electron chi connectivity index (χ4n) is 2.72. The molecule has 1 fully saturated rings. The van der Waals surface area contributed by atoms with Crippen molar-refractivity contribution < 1.29 is 4.74 Å². The highest BCUT2D eigenvalue weighted by Crippen LogP contribution is 2.25. The molecule has 1 aliphatic rings. The van der Waals surface area contributed by atoms with E-state index in [4.69, 9.17) is 4.74 Å². The number of hydrogen-bond acceptors (Lipinski definition) is 2. The van der Waals surface area contributed by atoms with Crippen LogP contribution in [0.5, 0.6) is 0 Å². The van der Waals surface area contributed by atoms with Crippen LogP contribution in [0.3, 0.4) is 0 Å². The molecule has 2 unspecified atom stereocenters. The van der Waals surface area contributed by atoms with Crippen LogP contribution in [0.1, 0.15) is 25.8 Å². The van der Waals surface area contributed by atoms with Gasteiger partial charge in [0.25, 0.3) is 0 Å². The average Bonchev–Trinajstić information content (AvgIpc) is 2.77. The van der Waals surface area contributed by atoms with Gasteiger partial charge in [0.15, 0.2) is 0 Å². The molecule has 2 aromatic rings. The Labute approximate surface area is 114 Å². The van der Waals surface area contributed by atoms with Crippen molar-refractivity contribution in [3.8, 4) is 0 Å². The van der Waals surface area contributed by atoms with Crippen LogP contribution >= 0.6 is 0 Å². The predicted molar refractivity (Wildman–Crippen MR) is 79.2 cm³/mol. The first-order chi connectivity index (χ1) is 9.17. The molecule has 0 saturated carbocycles. The van der Waals surface area contributed by atoms with Gasteiger partial charge in [0.1, 0.15) is 0 Å². The van der Waals surface area contributed by atoms with E-state index in [2.05, 4.69) is 61.6 Å². The summed E-state index contributed by atoms with van der Waals surface area (Å²) in [5.74, 6) is 0. The fourth-order valence-corrected chi connectivity index (χ4v) is 2.72. The predicted octanol–water partition coefficient (Wildman–Crippen LogP) is 3.50. The van der Waals surface area contributed by atoms with Crippen molar-refractivity contribution in [2.24, 2.45) is 0 Å². The summed E-state index contributed by atoms with van der Waals surface area (Å²) in [5, 5.41) is 6.27. The lowest BCUT2D eigenvalue weighted by Gasteiger charge is -2.29. The van der Waals surface area contributed by atoms with Gasteiger partial charge in [0.05, 0.1) is 6.10 Å². The van der Waals surface area contributed by atoms with Crippen LogP contribution in [0, 0.1) is 0 Å². The van der Waals surface area contributed by atoms with Crippen molar-refractivity contribution in [2.75, 3.05) is 6.61 Å². The molecule has 1 heterocycles. The Morgan fingerprint density at radius 1 is 1.21 bits per heavy atom. The van der Waals surface area contributed by atoms with Gasteiger partial charge in [0.2, 0.25) is 0 Å². The van der Waals surface area contributed by atoms with Crippen LogP contribution in [0.4, 0.5) is 0 Å². The van der Waals surface area contributed by atoms with Crippen LogP contribution in [-0.4, -0.2) is 18.2 Å². The summed E-state index contributed by atoms with van der Waals surface area (Å²) in [6, 6.07) is 15.2. The molecule has 2 aromatic carbocycles. The number of benzene rings is 2. The van der Waals surface area contributed by atoms with Crippen molar-refractivity contribution in [1.29, 1.82) is 0 Å². The van der Waals surface area contributed by atoms with E-state index in [-0.39, 0.29) is 11.6 Å². The average molecular weight is 255 g/mol. The van der Waals surface area contributed by atoms with Crippen molar-refractivity contribution in [1.82, 2.24) is 5.32 Å². The van der Waals surface area contributed by atoms with Crippen molar-refractivity contribution in [3.05, 3.63) is 48.0 Å². The number of hydrogen-bond donors (Lipinski definition) is 1. The van der Waals surface area contributed by atoms with Gasteiger partial charge in [-0.2, -0.15) is 0 Å². The van der Waals surface area contributed by atoms with Crippen LogP contribution < -0.4 is 5.32 Å². The van der Waals surface area contributed by atoms with Crippen LogP contribution in [0.15, 0.2) is 42.5 Å². The Balaban J connectivity index is 1.75. The van der Waals surface area contributed by atoms with E-state index in [9.17, 15) is 0 Å². The maximum atomic E-state index is 5.66. The lowest BCUT2D eigenvalue weighted by atomic mass is 9.94. The second-order valence-electron chi connectivity index (χ2n) is 5.72. The molecule has 1 saturated heterocycles. The number of ether oxygens (including phenoxy) is 1. The molecule has 2 nitrogen and oxygen atoms in total. The molecular formula is C17H21NO. The summed E-state index contributed by atoms with van der Waals surface area (Å²) < 4.78 is 5.66. The maximum absolute atomic E-state index is 5.66. The second-order valence-corrected chi connectivity index (χ2v) is 5.72. The highest BCUT2D eigenvalue weighted by Gasteiger charge is 2.36. The summed E-state index contributed by atoms with van der Waals surface area (Å²) in [6.45, 7) is 6.17. The fraction of sp³-hybridized carbons (Fsp3) is 0.412. The first kappa shape index (κ1) is 12.6. The van der Waals surface area contributed by atoms with Gasteiger partial charge in [-0.1, -0.05) is 36.4 Å². The highest BCUT2D eigenvalue weighted by molar-refractivity contribution is 5.82. The lowest BCUT2D eigenvalue weighted by molar-refractivity contribution is 0.0881. The normalized spacial score (nSPS) is 26.9. The molecule has 0 aliphatic carbocycles. The smallest absolute Gasteiger partial charge is 0.0726 e. The lowest BCUT2D eigenvalue weighted by Crippen LogP contribution is -2.47. The summed E-state index contributed by atoms with van der Waals surface area (Å²) in [6.07, 6.45) is 1.37. The van der Waals surface area contributed by atoms with E-state index < -0.39 is 0 Å². The van der Waals surface area contributed by atoms with Gasteiger partial charge in [-0.25, -0.2) is 0 Å². The number of fused-ring (bicyclic) bond motifs is 1. The molecule has 2 heteroatoms. The van der Waals surface area contributed by atoms with Crippen LogP contribution in [0.25, 0.3) is 10.8 Å². The third-order valence-corrected chi connectivity index (χ3v) is 4.40.